The molecule has 0 saturated heterocycles. The Balaban J connectivity index is 4.22. The Hall–Kier alpha value is -0.870. The van der Waals surface area contributed by atoms with Gasteiger partial charge in [0.05, 0.1) is 12.2 Å². The smallest absolute Gasteiger partial charge is 0.331 e. The SMILES string of the molecule is CCC(O)C(O)C=C(C)C(=O)O. The van der Waals surface area contributed by atoms with Gasteiger partial charge in [-0.25, -0.2) is 4.79 Å². The standard InChI is InChI=1S/C8H14O4/c1-3-6(9)7(10)4-5(2)8(11)12/h4,6-7,9-10H,3H2,1-2H3,(H,11,12). The summed E-state index contributed by atoms with van der Waals surface area (Å²) in [6.45, 7) is 3.08. The fourth-order valence-electron chi connectivity index (χ4n) is 0.680. The molecule has 0 radical (unpaired) electrons. The molecule has 0 rings (SSSR count). The zero-order chi connectivity index (χ0) is 9.72. The van der Waals surface area contributed by atoms with Gasteiger partial charge in [-0.05, 0) is 19.4 Å². The number of carboxylic acids is 1. The molecule has 4 nitrogen and oxygen atoms in total. The highest BCUT2D eigenvalue weighted by Crippen LogP contribution is 2.03. The minimum absolute atomic E-state index is 0.0370. The third-order valence-corrected chi connectivity index (χ3v) is 1.57. The van der Waals surface area contributed by atoms with Crippen molar-refractivity contribution < 1.29 is 20.1 Å². The summed E-state index contributed by atoms with van der Waals surface area (Å²) in [6.07, 6.45) is -0.452. The Morgan fingerprint density at radius 2 is 2.00 bits per heavy atom. The van der Waals surface area contributed by atoms with Crippen molar-refractivity contribution in [3.05, 3.63) is 11.6 Å². The monoisotopic (exact) mass is 174 g/mol. The van der Waals surface area contributed by atoms with Crippen LogP contribution in [0.3, 0.4) is 0 Å². The second-order valence-electron chi connectivity index (χ2n) is 2.62. The number of aliphatic hydroxyl groups excluding tert-OH is 2. The molecule has 0 aromatic heterocycles. The molecule has 0 aliphatic rings. The van der Waals surface area contributed by atoms with Crippen LogP contribution in [0, 0.1) is 0 Å². The van der Waals surface area contributed by atoms with E-state index in [2.05, 4.69) is 0 Å². The maximum Gasteiger partial charge on any atom is 0.331 e. The minimum Gasteiger partial charge on any atom is -0.478 e. The first kappa shape index (κ1) is 11.1. The summed E-state index contributed by atoms with van der Waals surface area (Å²) < 4.78 is 0. The second-order valence-corrected chi connectivity index (χ2v) is 2.62. The van der Waals surface area contributed by atoms with Crippen LogP contribution >= 0.6 is 0 Å². The predicted octanol–water partition coefficient (Wildman–Crippen LogP) is 0.149. The number of carboxylic acid groups (broad SMARTS) is 1. The molecule has 0 bridgehead atoms. The molecule has 0 aromatic rings. The number of carbonyl (C=O) groups is 1. The molecule has 0 heterocycles. The lowest BCUT2D eigenvalue weighted by molar-refractivity contribution is -0.132. The van der Waals surface area contributed by atoms with E-state index < -0.39 is 18.2 Å². The summed E-state index contributed by atoms with van der Waals surface area (Å²) in [4.78, 5) is 10.3. The molecule has 0 aromatic carbocycles. The van der Waals surface area contributed by atoms with E-state index in [9.17, 15) is 4.79 Å². The average molecular weight is 174 g/mol. The quantitative estimate of drug-likeness (QED) is 0.530. The molecule has 0 aliphatic heterocycles. The maximum atomic E-state index is 10.3. The van der Waals surface area contributed by atoms with Gasteiger partial charge in [-0.3, -0.25) is 0 Å². The summed E-state index contributed by atoms with van der Waals surface area (Å²) in [6, 6.07) is 0. The molecule has 0 amide bonds. The highest BCUT2D eigenvalue weighted by atomic mass is 16.4. The van der Waals surface area contributed by atoms with Gasteiger partial charge < -0.3 is 15.3 Å². The van der Waals surface area contributed by atoms with Gasteiger partial charge in [0.25, 0.3) is 0 Å². The van der Waals surface area contributed by atoms with E-state index in [-0.39, 0.29) is 5.57 Å². The number of hydrogen-bond donors (Lipinski definition) is 3. The zero-order valence-electron chi connectivity index (χ0n) is 7.19. The van der Waals surface area contributed by atoms with Gasteiger partial charge in [-0.15, -0.1) is 0 Å². The van der Waals surface area contributed by atoms with Crippen LogP contribution in [0.5, 0.6) is 0 Å². The molecule has 0 saturated carbocycles. The van der Waals surface area contributed by atoms with Crippen molar-refractivity contribution in [2.75, 3.05) is 0 Å². The number of aliphatic hydroxyl groups is 2. The molecule has 2 unspecified atom stereocenters. The molecule has 4 heteroatoms. The van der Waals surface area contributed by atoms with Crippen molar-refractivity contribution in [3.63, 3.8) is 0 Å². The highest BCUT2D eigenvalue weighted by Gasteiger charge is 2.12. The summed E-state index contributed by atoms with van der Waals surface area (Å²) >= 11 is 0. The fourth-order valence-corrected chi connectivity index (χ4v) is 0.680. The van der Waals surface area contributed by atoms with Crippen LogP contribution in [-0.2, 0) is 4.79 Å². The van der Waals surface area contributed by atoms with Crippen molar-refractivity contribution in [3.8, 4) is 0 Å². The maximum absolute atomic E-state index is 10.3. The molecule has 0 fully saturated rings. The molecule has 12 heavy (non-hydrogen) atoms. The average Bonchev–Trinajstić information content (AvgIpc) is 2.02. The van der Waals surface area contributed by atoms with Crippen LogP contribution in [0.15, 0.2) is 11.6 Å². The first-order valence-electron chi connectivity index (χ1n) is 3.76. The number of hydrogen-bond acceptors (Lipinski definition) is 3. The van der Waals surface area contributed by atoms with Crippen LogP contribution in [0.4, 0.5) is 0 Å². The third-order valence-electron chi connectivity index (χ3n) is 1.57. The Morgan fingerprint density at radius 3 is 2.33 bits per heavy atom. The van der Waals surface area contributed by atoms with Gasteiger partial charge in [0.2, 0.25) is 0 Å². The van der Waals surface area contributed by atoms with Crippen LogP contribution in [0.1, 0.15) is 20.3 Å². The lowest BCUT2D eigenvalue weighted by atomic mass is 10.1. The summed E-state index contributed by atoms with van der Waals surface area (Å²) in [5, 5.41) is 26.6. The lowest BCUT2D eigenvalue weighted by Crippen LogP contribution is -2.23. The third kappa shape index (κ3) is 3.50. The van der Waals surface area contributed by atoms with Crippen LogP contribution in [-0.4, -0.2) is 33.5 Å². The first-order chi connectivity index (χ1) is 5.49. The Labute approximate surface area is 71.1 Å². The second kappa shape index (κ2) is 4.90. The molecule has 0 spiro atoms. The van der Waals surface area contributed by atoms with Gasteiger partial charge in [-0.2, -0.15) is 0 Å². The van der Waals surface area contributed by atoms with Crippen molar-refractivity contribution in [2.24, 2.45) is 0 Å². The lowest BCUT2D eigenvalue weighted by Gasteiger charge is -2.11. The summed E-state index contributed by atoms with van der Waals surface area (Å²) in [5.41, 5.74) is 0.0370. The molecule has 0 aliphatic carbocycles. The zero-order valence-corrected chi connectivity index (χ0v) is 7.19. The Bertz CT molecular complexity index is 185. The van der Waals surface area contributed by atoms with Crippen LogP contribution < -0.4 is 0 Å². The summed E-state index contributed by atoms with van der Waals surface area (Å²) in [7, 11) is 0. The first-order valence-corrected chi connectivity index (χ1v) is 3.76. The van der Waals surface area contributed by atoms with Crippen molar-refractivity contribution in [1.82, 2.24) is 0 Å². The van der Waals surface area contributed by atoms with E-state index in [1.807, 2.05) is 0 Å². The molecular formula is C8H14O4. The Morgan fingerprint density at radius 1 is 1.50 bits per heavy atom. The Kier molecular flexibility index (Phi) is 4.54. The molecular weight excluding hydrogens is 160 g/mol. The van der Waals surface area contributed by atoms with Crippen molar-refractivity contribution >= 4 is 5.97 Å². The van der Waals surface area contributed by atoms with Gasteiger partial charge in [-0.1, -0.05) is 6.92 Å². The number of aliphatic carboxylic acids is 1. The van der Waals surface area contributed by atoms with E-state index in [4.69, 9.17) is 15.3 Å². The normalized spacial score (nSPS) is 17.2. The fraction of sp³-hybridized carbons (Fsp3) is 0.625. The van der Waals surface area contributed by atoms with Gasteiger partial charge in [0.1, 0.15) is 0 Å². The van der Waals surface area contributed by atoms with Crippen molar-refractivity contribution in [1.29, 1.82) is 0 Å². The van der Waals surface area contributed by atoms with E-state index in [0.29, 0.717) is 6.42 Å². The minimum atomic E-state index is -1.09. The topological polar surface area (TPSA) is 77.8 Å². The molecule has 70 valence electrons. The van der Waals surface area contributed by atoms with E-state index in [1.165, 1.54) is 6.92 Å². The van der Waals surface area contributed by atoms with Crippen LogP contribution in [0.25, 0.3) is 0 Å². The highest BCUT2D eigenvalue weighted by molar-refractivity contribution is 5.85. The molecule has 2 atom stereocenters. The van der Waals surface area contributed by atoms with Gasteiger partial charge in [0, 0.05) is 5.57 Å². The summed E-state index contributed by atoms with van der Waals surface area (Å²) in [5.74, 6) is -1.09. The van der Waals surface area contributed by atoms with Gasteiger partial charge >= 0.3 is 5.97 Å². The predicted molar refractivity (Wildman–Crippen MR) is 43.7 cm³/mol. The number of rotatable bonds is 4. The van der Waals surface area contributed by atoms with Crippen molar-refractivity contribution in [2.45, 2.75) is 32.5 Å². The molecule has 3 N–H and O–H groups in total. The van der Waals surface area contributed by atoms with Crippen LogP contribution in [0.2, 0.25) is 0 Å². The van der Waals surface area contributed by atoms with Gasteiger partial charge in [0.15, 0.2) is 0 Å². The van der Waals surface area contributed by atoms with E-state index in [0.717, 1.165) is 6.08 Å². The largest absolute Gasteiger partial charge is 0.478 e. The van der Waals surface area contributed by atoms with E-state index >= 15 is 0 Å². The van der Waals surface area contributed by atoms with E-state index in [1.54, 1.807) is 6.92 Å².